The fourth-order valence-corrected chi connectivity index (χ4v) is 6.18. The molecular weight excluding hydrogens is 455 g/mol. The summed E-state index contributed by atoms with van der Waals surface area (Å²) in [6.45, 7) is 3.29. The Morgan fingerprint density at radius 1 is 1.03 bits per heavy atom. The Morgan fingerprint density at radius 3 is 2.38 bits per heavy atom. The number of likely N-dealkylation sites (tertiary alicyclic amines) is 1. The Balaban J connectivity index is 1.29. The van der Waals surface area contributed by atoms with Gasteiger partial charge >= 0.3 is 10.2 Å². The lowest BCUT2D eigenvalue weighted by molar-refractivity contribution is -0.127. The predicted molar refractivity (Wildman–Crippen MR) is 131 cm³/mol. The van der Waals surface area contributed by atoms with Gasteiger partial charge in [-0.1, -0.05) is 30.3 Å². The maximum atomic E-state index is 13.2. The number of carbonyl (C=O) groups is 1. The van der Waals surface area contributed by atoms with E-state index in [-0.39, 0.29) is 24.4 Å². The molecule has 2 aliphatic rings. The van der Waals surface area contributed by atoms with Crippen LogP contribution < -0.4 is 9.62 Å². The molecule has 184 valence electrons. The lowest BCUT2D eigenvalue weighted by Gasteiger charge is -2.36. The topological polar surface area (TPSA) is 73.0 Å². The summed E-state index contributed by atoms with van der Waals surface area (Å²) in [5.41, 5.74) is 1.68. The van der Waals surface area contributed by atoms with Gasteiger partial charge in [0.2, 0.25) is 5.91 Å². The van der Waals surface area contributed by atoms with Crippen molar-refractivity contribution in [1.29, 1.82) is 0 Å². The number of hydrogen-bond acceptors (Lipinski definition) is 4. The van der Waals surface area contributed by atoms with Crippen molar-refractivity contribution >= 4 is 21.8 Å². The number of rotatable bonds is 7. The van der Waals surface area contributed by atoms with Gasteiger partial charge in [-0.25, -0.2) is 4.39 Å². The highest BCUT2D eigenvalue weighted by Crippen LogP contribution is 2.25. The molecule has 1 atom stereocenters. The monoisotopic (exact) mass is 488 g/mol. The van der Waals surface area contributed by atoms with Gasteiger partial charge in [0.15, 0.2) is 0 Å². The minimum absolute atomic E-state index is 0.0640. The van der Waals surface area contributed by atoms with Gasteiger partial charge in [-0.2, -0.15) is 12.7 Å². The SMILES string of the molecule is CN(c1ccc(F)cc1)S(=O)(=O)N1CCC[C@@H](C(=O)NC2CCN(Cc3ccccc3)CC2)C1. The highest BCUT2D eigenvalue weighted by atomic mass is 32.2. The summed E-state index contributed by atoms with van der Waals surface area (Å²) < 4.78 is 42.0. The summed E-state index contributed by atoms with van der Waals surface area (Å²) in [7, 11) is -2.35. The molecule has 1 amide bonds. The molecule has 0 bridgehead atoms. The van der Waals surface area contributed by atoms with Crippen molar-refractivity contribution < 1.29 is 17.6 Å². The van der Waals surface area contributed by atoms with Gasteiger partial charge in [0.25, 0.3) is 0 Å². The van der Waals surface area contributed by atoms with E-state index in [4.69, 9.17) is 0 Å². The zero-order valence-corrected chi connectivity index (χ0v) is 20.4. The average molecular weight is 489 g/mol. The van der Waals surface area contributed by atoms with Crippen LogP contribution in [0.15, 0.2) is 54.6 Å². The number of halogens is 1. The maximum Gasteiger partial charge on any atom is 0.303 e. The third-order valence-electron chi connectivity index (χ3n) is 6.80. The first-order chi connectivity index (χ1) is 16.3. The Hall–Kier alpha value is -2.49. The molecule has 7 nitrogen and oxygen atoms in total. The first-order valence-electron chi connectivity index (χ1n) is 11.9. The largest absolute Gasteiger partial charge is 0.353 e. The van der Waals surface area contributed by atoms with E-state index in [1.165, 1.54) is 41.2 Å². The fraction of sp³-hybridized carbons (Fsp3) is 0.480. The molecule has 34 heavy (non-hydrogen) atoms. The van der Waals surface area contributed by atoms with Gasteiger partial charge in [0.05, 0.1) is 11.6 Å². The summed E-state index contributed by atoms with van der Waals surface area (Å²) in [6.07, 6.45) is 3.08. The van der Waals surface area contributed by atoms with Gasteiger partial charge in [-0.05, 0) is 55.5 Å². The minimum atomic E-state index is -3.81. The van der Waals surface area contributed by atoms with Crippen molar-refractivity contribution in [2.75, 3.05) is 37.5 Å². The van der Waals surface area contributed by atoms with Crippen molar-refractivity contribution in [2.45, 2.75) is 38.3 Å². The van der Waals surface area contributed by atoms with E-state index in [1.54, 1.807) is 0 Å². The number of nitrogens with one attached hydrogen (secondary N) is 1. The van der Waals surface area contributed by atoms with Crippen molar-refractivity contribution in [1.82, 2.24) is 14.5 Å². The molecule has 0 spiro atoms. The van der Waals surface area contributed by atoms with Crippen LogP contribution in [0.4, 0.5) is 10.1 Å². The molecule has 0 saturated carbocycles. The van der Waals surface area contributed by atoms with Crippen LogP contribution in [-0.4, -0.2) is 62.8 Å². The van der Waals surface area contributed by atoms with Gasteiger partial charge in [-0.15, -0.1) is 0 Å². The number of anilines is 1. The molecule has 0 aromatic heterocycles. The van der Waals surface area contributed by atoms with Crippen LogP contribution in [0.5, 0.6) is 0 Å². The summed E-state index contributed by atoms with van der Waals surface area (Å²) in [5, 5.41) is 3.17. The number of hydrogen-bond donors (Lipinski definition) is 1. The molecule has 2 aliphatic heterocycles. The van der Waals surface area contributed by atoms with E-state index in [0.29, 0.717) is 25.1 Å². The summed E-state index contributed by atoms with van der Waals surface area (Å²) >= 11 is 0. The van der Waals surface area contributed by atoms with E-state index in [2.05, 4.69) is 22.3 Å². The van der Waals surface area contributed by atoms with Crippen LogP contribution in [0.25, 0.3) is 0 Å². The number of benzene rings is 2. The standard InChI is InChI=1S/C25H33FN4O3S/c1-28(24-11-9-22(26)10-12-24)34(32,33)30-15-5-8-21(19-30)25(31)27-23-13-16-29(17-14-23)18-20-6-3-2-4-7-20/h2-4,6-7,9-12,21,23H,5,8,13-19H2,1H3,(H,27,31)/t21-/m1/s1. The molecule has 1 N–H and O–H groups in total. The third kappa shape index (κ3) is 5.95. The van der Waals surface area contributed by atoms with Crippen molar-refractivity contribution in [3.05, 3.63) is 66.0 Å². The second kappa shape index (κ2) is 10.8. The lowest BCUT2D eigenvalue weighted by Crippen LogP contribution is -2.52. The number of amides is 1. The molecule has 2 heterocycles. The number of nitrogens with zero attached hydrogens (tertiary/aromatic N) is 3. The molecule has 4 rings (SSSR count). The fourth-order valence-electron chi connectivity index (χ4n) is 4.72. The average Bonchev–Trinajstić information content (AvgIpc) is 2.86. The highest BCUT2D eigenvalue weighted by molar-refractivity contribution is 7.90. The van der Waals surface area contributed by atoms with Gasteiger partial charge in [-0.3, -0.25) is 14.0 Å². The van der Waals surface area contributed by atoms with E-state index in [0.717, 1.165) is 36.8 Å². The van der Waals surface area contributed by atoms with E-state index in [9.17, 15) is 17.6 Å². The molecule has 9 heteroatoms. The number of piperidine rings is 2. The van der Waals surface area contributed by atoms with Crippen molar-refractivity contribution in [3.63, 3.8) is 0 Å². The summed E-state index contributed by atoms with van der Waals surface area (Å²) in [5.74, 6) is -0.853. The Kier molecular flexibility index (Phi) is 7.85. The lowest BCUT2D eigenvalue weighted by atomic mass is 9.97. The summed E-state index contributed by atoms with van der Waals surface area (Å²) in [6, 6.07) is 15.8. The van der Waals surface area contributed by atoms with Crippen LogP contribution in [0.3, 0.4) is 0 Å². The van der Waals surface area contributed by atoms with Crippen molar-refractivity contribution in [2.24, 2.45) is 5.92 Å². The van der Waals surface area contributed by atoms with Gasteiger partial charge in [0.1, 0.15) is 5.82 Å². The normalized spacial score (nSPS) is 20.7. The Bertz CT molecular complexity index is 1060. The summed E-state index contributed by atoms with van der Waals surface area (Å²) in [4.78, 5) is 15.4. The third-order valence-corrected chi connectivity index (χ3v) is 8.69. The quantitative estimate of drug-likeness (QED) is 0.650. The van der Waals surface area contributed by atoms with Crippen molar-refractivity contribution in [3.8, 4) is 0 Å². The maximum absolute atomic E-state index is 13.2. The first-order valence-corrected chi connectivity index (χ1v) is 13.3. The molecule has 0 aliphatic carbocycles. The second-order valence-corrected chi connectivity index (χ2v) is 11.2. The zero-order valence-electron chi connectivity index (χ0n) is 19.6. The first kappa shape index (κ1) is 24.6. The molecule has 2 aromatic rings. The molecular formula is C25H33FN4O3S. The van der Waals surface area contributed by atoms with Crippen LogP contribution in [-0.2, 0) is 21.5 Å². The molecule has 0 unspecified atom stereocenters. The van der Waals surface area contributed by atoms with E-state index >= 15 is 0 Å². The van der Waals surface area contributed by atoms with Crippen LogP contribution >= 0.6 is 0 Å². The van der Waals surface area contributed by atoms with E-state index < -0.39 is 16.0 Å². The minimum Gasteiger partial charge on any atom is -0.353 e. The van der Waals surface area contributed by atoms with Gasteiger partial charge in [0, 0.05) is 45.8 Å². The Morgan fingerprint density at radius 2 is 1.71 bits per heavy atom. The Labute approximate surface area is 201 Å². The molecule has 2 fully saturated rings. The zero-order chi connectivity index (χ0) is 24.1. The van der Waals surface area contributed by atoms with Gasteiger partial charge < -0.3 is 5.32 Å². The van der Waals surface area contributed by atoms with Crippen LogP contribution in [0.2, 0.25) is 0 Å². The van der Waals surface area contributed by atoms with E-state index in [1.807, 2.05) is 18.2 Å². The molecule has 0 radical (unpaired) electrons. The molecule has 2 saturated heterocycles. The number of carbonyl (C=O) groups excluding carboxylic acids is 1. The van der Waals surface area contributed by atoms with Crippen LogP contribution in [0, 0.1) is 11.7 Å². The second-order valence-electron chi connectivity index (χ2n) is 9.19. The smallest absolute Gasteiger partial charge is 0.303 e. The molecule has 2 aromatic carbocycles. The van der Waals surface area contributed by atoms with Crippen LogP contribution in [0.1, 0.15) is 31.2 Å². The highest BCUT2D eigenvalue weighted by Gasteiger charge is 2.35. The predicted octanol–water partition coefficient (Wildman–Crippen LogP) is 3.00.